The van der Waals surface area contributed by atoms with Crippen LogP contribution in [0.5, 0.6) is 0 Å². The number of benzene rings is 1. The first-order chi connectivity index (χ1) is 8.84. The number of rotatable bonds is 2. The Labute approximate surface area is 113 Å². The molecule has 2 saturated heterocycles. The number of hydrogen-bond donors (Lipinski definition) is 0. The summed E-state index contributed by atoms with van der Waals surface area (Å²) in [5, 5.41) is 0.473. The summed E-state index contributed by atoms with van der Waals surface area (Å²) >= 11 is 1.94. The van der Waals surface area contributed by atoms with E-state index in [4.69, 9.17) is 0 Å². The molecule has 0 radical (unpaired) electrons. The Morgan fingerprint density at radius 1 is 1.28 bits per heavy atom. The lowest BCUT2D eigenvalue weighted by molar-refractivity contribution is -0.130. The summed E-state index contributed by atoms with van der Waals surface area (Å²) in [7, 11) is 0. The zero-order chi connectivity index (χ0) is 13.0. The van der Waals surface area contributed by atoms with Crippen LogP contribution < -0.4 is 0 Å². The topological polar surface area (TPSA) is 20.3 Å². The summed E-state index contributed by atoms with van der Waals surface area (Å²) in [4.78, 5) is 14.2. The van der Waals surface area contributed by atoms with Gasteiger partial charge in [-0.25, -0.2) is 0 Å². The van der Waals surface area contributed by atoms with Crippen LogP contribution in [0.2, 0.25) is 0 Å². The first-order valence-corrected chi connectivity index (χ1v) is 7.19. The van der Waals surface area contributed by atoms with Crippen LogP contribution in [0.25, 0.3) is 0 Å². The molecule has 2 nitrogen and oxygen atoms in total. The standard InChI is InChI=1S/C13H15NOS.C2H2/c15-13-11(8-10-4-2-1-3-5-10)9-12-14(13)6-7-16-12;1-2/h1-5,11-12H,6-9H2;1-2H. The van der Waals surface area contributed by atoms with Crippen LogP contribution in [0.3, 0.4) is 0 Å². The van der Waals surface area contributed by atoms with Gasteiger partial charge < -0.3 is 4.90 Å². The normalized spacial score (nSPS) is 25.4. The third kappa shape index (κ3) is 2.54. The van der Waals surface area contributed by atoms with E-state index in [-0.39, 0.29) is 5.92 Å². The molecule has 2 aliphatic heterocycles. The molecule has 94 valence electrons. The van der Waals surface area contributed by atoms with Gasteiger partial charge in [-0.2, -0.15) is 0 Å². The first-order valence-electron chi connectivity index (χ1n) is 6.14. The van der Waals surface area contributed by atoms with Crippen molar-refractivity contribution in [1.82, 2.24) is 4.90 Å². The Balaban J connectivity index is 0.000000574. The molecule has 1 aromatic carbocycles. The van der Waals surface area contributed by atoms with Gasteiger partial charge in [-0.15, -0.1) is 24.6 Å². The zero-order valence-corrected chi connectivity index (χ0v) is 11.1. The van der Waals surface area contributed by atoms with Crippen molar-refractivity contribution in [3.8, 4) is 12.8 Å². The molecule has 2 unspecified atom stereocenters. The molecule has 0 aliphatic carbocycles. The fourth-order valence-electron chi connectivity index (χ4n) is 2.62. The molecule has 3 heteroatoms. The van der Waals surface area contributed by atoms with Gasteiger partial charge >= 0.3 is 0 Å². The predicted molar refractivity (Wildman–Crippen MR) is 76.1 cm³/mol. The molecule has 2 aliphatic rings. The van der Waals surface area contributed by atoms with Gasteiger partial charge in [0.05, 0.1) is 5.37 Å². The van der Waals surface area contributed by atoms with E-state index in [1.165, 1.54) is 5.56 Å². The van der Waals surface area contributed by atoms with Crippen molar-refractivity contribution in [2.45, 2.75) is 18.2 Å². The SMILES string of the molecule is C#C.O=C1C(Cc2ccccc2)CC2SCCN12. The number of hydrogen-bond acceptors (Lipinski definition) is 2. The van der Waals surface area contributed by atoms with E-state index in [0.717, 1.165) is 25.1 Å². The summed E-state index contributed by atoms with van der Waals surface area (Å²) in [6.45, 7) is 0.958. The Kier molecular flexibility index (Phi) is 4.33. The molecule has 0 bridgehead atoms. The van der Waals surface area contributed by atoms with Crippen molar-refractivity contribution in [1.29, 1.82) is 0 Å². The van der Waals surface area contributed by atoms with E-state index in [9.17, 15) is 4.79 Å². The minimum absolute atomic E-state index is 0.222. The number of amides is 1. The molecule has 2 fully saturated rings. The van der Waals surface area contributed by atoms with E-state index < -0.39 is 0 Å². The molecule has 0 N–H and O–H groups in total. The number of terminal acetylenes is 1. The molecule has 18 heavy (non-hydrogen) atoms. The summed E-state index contributed by atoms with van der Waals surface area (Å²) in [6, 6.07) is 10.3. The quantitative estimate of drug-likeness (QED) is 0.760. The Morgan fingerprint density at radius 2 is 2.00 bits per heavy atom. The van der Waals surface area contributed by atoms with Gasteiger partial charge in [-0.05, 0) is 18.4 Å². The predicted octanol–water partition coefficient (Wildman–Crippen LogP) is 2.40. The Hall–Kier alpha value is -1.40. The van der Waals surface area contributed by atoms with E-state index in [1.807, 2.05) is 30.0 Å². The van der Waals surface area contributed by atoms with E-state index in [0.29, 0.717) is 11.3 Å². The van der Waals surface area contributed by atoms with E-state index in [1.54, 1.807) is 0 Å². The molecular weight excluding hydrogens is 242 g/mol. The summed E-state index contributed by atoms with van der Waals surface area (Å²) in [6.07, 6.45) is 9.95. The van der Waals surface area contributed by atoms with Crippen LogP contribution >= 0.6 is 11.8 Å². The van der Waals surface area contributed by atoms with Crippen LogP contribution in [0.4, 0.5) is 0 Å². The highest BCUT2D eigenvalue weighted by atomic mass is 32.2. The molecule has 3 rings (SSSR count). The van der Waals surface area contributed by atoms with Gasteiger partial charge in [0.1, 0.15) is 0 Å². The van der Waals surface area contributed by atoms with Gasteiger partial charge in [0.25, 0.3) is 0 Å². The highest BCUT2D eigenvalue weighted by Gasteiger charge is 2.42. The number of fused-ring (bicyclic) bond motifs is 1. The Bertz CT molecular complexity index is 429. The zero-order valence-electron chi connectivity index (χ0n) is 10.3. The van der Waals surface area contributed by atoms with Crippen LogP contribution in [0.15, 0.2) is 30.3 Å². The largest absolute Gasteiger partial charge is 0.330 e. The van der Waals surface area contributed by atoms with Gasteiger partial charge in [-0.1, -0.05) is 30.3 Å². The fraction of sp³-hybridized carbons (Fsp3) is 0.400. The van der Waals surface area contributed by atoms with Gasteiger partial charge in [0, 0.05) is 18.2 Å². The van der Waals surface area contributed by atoms with E-state index >= 15 is 0 Å². The van der Waals surface area contributed by atoms with Crippen molar-refractivity contribution >= 4 is 17.7 Å². The molecule has 1 amide bonds. The molecule has 0 aromatic heterocycles. The molecular formula is C15H17NOS. The lowest BCUT2D eigenvalue weighted by Crippen LogP contribution is -2.29. The van der Waals surface area contributed by atoms with Crippen molar-refractivity contribution in [3.05, 3.63) is 35.9 Å². The van der Waals surface area contributed by atoms with Crippen LogP contribution in [-0.2, 0) is 11.2 Å². The van der Waals surface area contributed by atoms with E-state index in [2.05, 4.69) is 29.9 Å². The van der Waals surface area contributed by atoms with Crippen molar-refractivity contribution < 1.29 is 4.79 Å². The second-order valence-corrected chi connectivity index (χ2v) is 5.77. The van der Waals surface area contributed by atoms with Crippen LogP contribution in [0, 0.1) is 18.8 Å². The second kappa shape index (κ2) is 5.97. The van der Waals surface area contributed by atoms with Gasteiger partial charge in [0.2, 0.25) is 5.91 Å². The third-order valence-corrected chi connectivity index (χ3v) is 4.68. The number of nitrogens with zero attached hydrogens (tertiary/aromatic N) is 1. The number of carbonyl (C=O) groups is 1. The summed E-state index contributed by atoms with van der Waals surface area (Å²) < 4.78 is 0. The molecule has 2 atom stereocenters. The fourth-order valence-corrected chi connectivity index (χ4v) is 3.95. The molecule has 0 saturated carbocycles. The van der Waals surface area contributed by atoms with Gasteiger partial charge in [-0.3, -0.25) is 4.79 Å². The van der Waals surface area contributed by atoms with Crippen molar-refractivity contribution in [2.75, 3.05) is 12.3 Å². The van der Waals surface area contributed by atoms with Gasteiger partial charge in [0.15, 0.2) is 0 Å². The molecule has 2 heterocycles. The summed E-state index contributed by atoms with van der Waals surface area (Å²) in [5.74, 6) is 1.72. The Morgan fingerprint density at radius 3 is 2.67 bits per heavy atom. The average Bonchev–Trinajstić information content (AvgIpc) is 2.98. The van der Waals surface area contributed by atoms with Crippen LogP contribution in [-0.4, -0.2) is 28.5 Å². The third-order valence-electron chi connectivity index (χ3n) is 3.43. The van der Waals surface area contributed by atoms with Crippen molar-refractivity contribution in [2.24, 2.45) is 5.92 Å². The van der Waals surface area contributed by atoms with Crippen LogP contribution in [0.1, 0.15) is 12.0 Å². The maximum Gasteiger partial charge on any atom is 0.227 e. The second-order valence-electron chi connectivity index (χ2n) is 4.48. The smallest absolute Gasteiger partial charge is 0.227 e. The lowest BCUT2D eigenvalue weighted by Gasteiger charge is -2.13. The number of carbonyl (C=O) groups excluding carboxylic acids is 1. The maximum atomic E-state index is 12.1. The highest BCUT2D eigenvalue weighted by Crippen LogP contribution is 2.37. The van der Waals surface area contributed by atoms with Crippen molar-refractivity contribution in [3.63, 3.8) is 0 Å². The average molecular weight is 259 g/mol. The summed E-state index contributed by atoms with van der Waals surface area (Å²) in [5.41, 5.74) is 1.28. The first kappa shape index (κ1) is 13.0. The molecule has 1 aromatic rings. The highest BCUT2D eigenvalue weighted by molar-refractivity contribution is 8.00. The number of thioether (sulfide) groups is 1. The minimum atomic E-state index is 0.222. The molecule has 0 spiro atoms. The maximum absolute atomic E-state index is 12.1. The monoisotopic (exact) mass is 259 g/mol. The lowest BCUT2D eigenvalue weighted by atomic mass is 9.98. The minimum Gasteiger partial charge on any atom is -0.330 e.